The van der Waals surface area contributed by atoms with Crippen LogP contribution in [-0.2, 0) is 0 Å². The minimum absolute atomic E-state index is 0.849. The van der Waals surface area contributed by atoms with E-state index in [1.807, 2.05) is 18.5 Å². The first-order chi connectivity index (χ1) is 6.43. The highest BCUT2D eigenvalue weighted by Crippen LogP contribution is 2.08. The highest BCUT2D eigenvalue weighted by Gasteiger charge is 1.92. The van der Waals surface area contributed by atoms with Crippen LogP contribution in [-0.4, -0.2) is 11.6 Å². The standard InChI is InChI=1S/C11H19NO/c1-2-3-4-5-6-9-13-11-7-8-12-10-11/h7-8,10,12H,2-6,9H2,1H3. The number of hydrogen-bond donors (Lipinski definition) is 1. The molecule has 0 bridgehead atoms. The van der Waals surface area contributed by atoms with Crippen LogP contribution in [0.4, 0.5) is 0 Å². The molecule has 0 unspecified atom stereocenters. The molecular weight excluding hydrogens is 162 g/mol. The molecule has 1 aromatic rings. The molecule has 0 atom stereocenters. The molecule has 1 N–H and O–H groups in total. The van der Waals surface area contributed by atoms with Crippen LogP contribution in [0, 0.1) is 0 Å². The van der Waals surface area contributed by atoms with Crippen molar-refractivity contribution in [2.45, 2.75) is 39.0 Å². The van der Waals surface area contributed by atoms with E-state index in [4.69, 9.17) is 4.74 Å². The van der Waals surface area contributed by atoms with Gasteiger partial charge in [0.05, 0.1) is 6.61 Å². The average molecular weight is 181 g/mol. The third-order valence-electron chi connectivity index (χ3n) is 2.09. The van der Waals surface area contributed by atoms with Crippen LogP contribution in [0.5, 0.6) is 5.75 Å². The molecule has 0 fully saturated rings. The molecule has 0 aliphatic rings. The number of nitrogens with one attached hydrogen (secondary N) is 1. The minimum atomic E-state index is 0.849. The van der Waals surface area contributed by atoms with Crippen molar-refractivity contribution in [3.8, 4) is 5.75 Å². The largest absolute Gasteiger partial charge is 0.492 e. The van der Waals surface area contributed by atoms with E-state index in [0.717, 1.165) is 12.4 Å². The van der Waals surface area contributed by atoms with Gasteiger partial charge in [0.2, 0.25) is 0 Å². The first kappa shape index (κ1) is 10.2. The van der Waals surface area contributed by atoms with Gasteiger partial charge in [-0.1, -0.05) is 32.6 Å². The van der Waals surface area contributed by atoms with Gasteiger partial charge in [-0.3, -0.25) is 0 Å². The number of hydrogen-bond acceptors (Lipinski definition) is 1. The number of aromatic amines is 1. The van der Waals surface area contributed by atoms with Crippen LogP contribution in [0.25, 0.3) is 0 Å². The molecule has 0 spiro atoms. The van der Waals surface area contributed by atoms with E-state index in [9.17, 15) is 0 Å². The Morgan fingerprint density at radius 3 is 2.77 bits per heavy atom. The summed E-state index contributed by atoms with van der Waals surface area (Å²) in [5.74, 6) is 0.954. The molecule has 1 rings (SSSR count). The lowest BCUT2D eigenvalue weighted by atomic mass is 10.2. The molecule has 0 saturated carbocycles. The smallest absolute Gasteiger partial charge is 0.136 e. The molecule has 74 valence electrons. The predicted octanol–water partition coefficient (Wildman–Crippen LogP) is 3.36. The maximum atomic E-state index is 5.49. The first-order valence-corrected chi connectivity index (χ1v) is 5.19. The molecule has 13 heavy (non-hydrogen) atoms. The molecule has 0 amide bonds. The Hall–Kier alpha value is -0.920. The van der Waals surface area contributed by atoms with Crippen LogP contribution in [0.15, 0.2) is 18.5 Å². The van der Waals surface area contributed by atoms with E-state index in [2.05, 4.69) is 11.9 Å². The molecule has 0 aliphatic heterocycles. The molecular formula is C11H19NO. The van der Waals surface area contributed by atoms with Gasteiger partial charge in [-0.25, -0.2) is 0 Å². The number of ether oxygens (including phenoxy) is 1. The van der Waals surface area contributed by atoms with Gasteiger partial charge >= 0.3 is 0 Å². The molecule has 1 heterocycles. The van der Waals surface area contributed by atoms with Gasteiger partial charge in [-0.15, -0.1) is 0 Å². The zero-order valence-electron chi connectivity index (χ0n) is 8.38. The topological polar surface area (TPSA) is 25.0 Å². The van der Waals surface area contributed by atoms with Crippen molar-refractivity contribution >= 4 is 0 Å². The van der Waals surface area contributed by atoms with Crippen molar-refractivity contribution in [3.63, 3.8) is 0 Å². The molecule has 2 heteroatoms. The van der Waals surface area contributed by atoms with Crippen molar-refractivity contribution < 1.29 is 4.74 Å². The summed E-state index contributed by atoms with van der Waals surface area (Å²) in [4.78, 5) is 2.97. The van der Waals surface area contributed by atoms with Crippen LogP contribution in [0.2, 0.25) is 0 Å². The summed E-state index contributed by atoms with van der Waals surface area (Å²) in [6.45, 7) is 3.08. The van der Waals surface area contributed by atoms with Crippen molar-refractivity contribution in [1.29, 1.82) is 0 Å². The fourth-order valence-corrected chi connectivity index (χ4v) is 1.29. The number of rotatable bonds is 7. The van der Waals surface area contributed by atoms with Gasteiger partial charge in [0.25, 0.3) is 0 Å². The van der Waals surface area contributed by atoms with E-state index in [-0.39, 0.29) is 0 Å². The number of unbranched alkanes of at least 4 members (excludes halogenated alkanes) is 4. The predicted molar refractivity (Wildman–Crippen MR) is 55.0 cm³/mol. The van der Waals surface area contributed by atoms with Gasteiger partial charge in [0, 0.05) is 12.4 Å². The molecule has 0 aromatic carbocycles. The van der Waals surface area contributed by atoms with Gasteiger partial charge in [-0.2, -0.15) is 0 Å². The second-order valence-electron chi connectivity index (χ2n) is 3.31. The monoisotopic (exact) mass is 181 g/mol. The summed E-state index contributed by atoms with van der Waals surface area (Å²) in [5.41, 5.74) is 0. The Balaban J connectivity index is 1.90. The fourth-order valence-electron chi connectivity index (χ4n) is 1.29. The second kappa shape index (κ2) is 6.58. The Morgan fingerprint density at radius 1 is 1.23 bits per heavy atom. The summed E-state index contributed by atoms with van der Waals surface area (Å²) < 4.78 is 5.49. The quantitative estimate of drug-likeness (QED) is 0.641. The Morgan fingerprint density at radius 2 is 2.08 bits per heavy atom. The van der Waals surface area contributed by atoms with Gasteiger partial charge in [0.1, 0.15) is 5.75 Å². The van der Waals surface area contributed by atoms with Crippen molar-refractivity contribution in [2.75, 3.05) is 6.61 Å². The Bertz CT molecular complexity index is 194. The molecule has 2 nitrogen and oxygen atoms in total. The second-order valence-corrected chi connectivity index (χ2v) is 3.31. The lowest BCUT2D eigenvalue weighted by molar-refractivity contribution is 0.305. The fraction of sp³-hybridized carbons (Fsp3) is 0.636. The van der Waals surface area contributed by atoms with E-state index in [1.165, 1.54) is 32.1 Å². The SMILES string of the molecule is CCCCCCCOc1cc[nH]c1. The highest BCUT2D eigenvalue weighted by atomic mass is 16.5. The Labute approximate surface area is 80.3 Å². The highest BCUT2D eigenvalue weighted by molar-refractivity contribution is 5.15. The summed E-state index contributed by atoms with van der Waals surface area (Å²) in [5, 5.41) is 0. The van der Waals surface area contributed by atoms with Crippen molar-refractivity contribution in [3.05, 3.63) is 18.5 Å². The number of aromatic nitrogens is 1. The minimum Gasteiger partial charge on any atom is -0.492 e. The lowest BCUT2D eigenvalue weighted by Crippen LogP contribution is -1.95. The van der Waals surface area contributed by atoms with E-state index < -0.39 is 0 Å². The normalized spacial score (nSPS) is 10.2. The summed E-state index contributed by atoms with van der Waals surface area (Å²) in [6.07, 6.45) is 10.2. The van der Waals surface area contributed by atoms with E-state index in [1.54, 1.807) is 0 Å². The van der Waals surface area contributed by atoms with Crippen LogP contribution < -0.4 is 4.74 Å². The summed E-state index contributed by atoms with van der Waals surface area (Å²) >= 11 is 0. The first-order valence-electron chi connectivity index (χ1n) is 5.19. The van der Waals surface area contributed by atoms with Crippen LogP contribution in [0.3, 0.4) is 0 Å². The molecule has 0 radical (unpaired) electrons. The molecule has 0 aliphatic carbocycles. The summed E-state index contributed by atoms with van der Waals surface area (Å²) in [7, 11) is 0. The third kappa shape index (κ3) is 4.61. The average Bonchev–Trinajstić information content (AvgIpc) is 2.63. The maximum absolute atomic E-state index is 5.49. The van der Waals surface area contributed by atoms with Crippen molar-refractivity contribution in [1.82, 2.24) is 4.98 Å². The zero-order valence-corrected chi connectivity index (χ0v) is 8.38. The molecule has 0 saturated heterocycles. The summed E-state index contributed by atoms with van der Waals surface area (Å²) in [6, 6.07) is 1.95. The van der Waals surface area contributed by atoms with Crippen LogP contribution in [0.1, 0.15) is 39.0 Å². The zero-order chi connectivity index (χ0) is 9.36. The number of H-pyrrole nitrogens is 1. The van der Waals surface area contributed by atoms with Gasteiger partial charge in [-0.05, 0) is 12.5 Å². The lowest BCUT2D eigenvalue weighted by Gasteiger charge is -2.02. The van der Waals surface area contributed by atoms with E-state index in [0.29, 0.717) is 0 Å². The van der Waals surface area contributed by atoms with Gasteiger partial charge in [0.15, 0.2) is 0 Å². The van der Waals surface area contributed by atoms with E-state index >= 15 is 0 Å². The maximum Gasteiger partial charge on any atom is 0.136 e. The Kier molecular flexibility index (Phi) is 5.14. The third-order valence-corrected chi connectivity index (χ3v) is 2.09. The van der Waals surface area contributed by atoms with Gasteiger partial charge < -0.3 is 9.72 Å². The van der Waals surface area contributed by atoms with Crippen LogP contribution >= 0.6 is 0 Å². The van der Waals surface area contributed by atoms with Crippen molar-refractivity contribution in [2.24, 2.45) is 0 Å². The molecule has 1 aromatic heterocycles.